The van der Waals surface area contributed by atoms with Gasteiger partial charge < -0.3 is 10.1 Å². The van der Waals surface area contributed by atoms with Crippen LogP contribution in [-0.2, 0) is 11.3 Å². The zero-order chi connectivity index (χ0) is 12.1. The standard InChI is InChI=1S/C14H22N2O/c1-3-16(4-2)9-12-6-5-7-13(8-12)15-14-10-17-11-14/h5-8,14-15H,3-4,9-11H2,1-2H3. The van der Waals surface area contributed by atoms with Crippen molar-refractivity contribution in [1.82, 2.24) is 4.90 Å². The fraction of sp³-hybridized carbons (Fsp3) is 0.571. The van der Waals surface area contributed by atoms with E-state index in [0.717, 1.165) is 32.8 Å². The predicted octanol–water partition coefficient (Wildman–Crippen LogP) is 2.34. The third-order valence-electron chi connectivity index (χ3n) is 3.24. The highest BCUT2D eigenvalue weighted by atomic mass is 16.5. The maximum Gasteiger partial charge on any atom is 0.0728 e. The highest BCUT2D eigenvalue weighted by Crippen LogP contribution is 2.15. The predicted molar refractivity (Wildman–Crippen MR) is 71.3 cm³/mol. The van der Waals surface area contributed by atoms with E-state index >= 15 is 0 Å². The van der Waals surface area contributed by atoms with E-state index in [1.807, 2.05) is 0 Å². The Kier molecular flexibility index (Phi) is 4.40. The first kappa shape index (κ1) is 12.4. The first-order chi connectivity index (χ1) is 8.31. The second-order valence-electron chi connectivity index (χ2n) is 4.54. The van der Waals surface area contributed by atoms with Gasteiger partial charge in [-0.15, -0.1) is 0 Å². The molecule has 1 aromatic carbocycles. The number of anilines is 1. The van der Waals surface area contributed by atoms with Crippen molar-refractivity contribution >= 4 is 5.69 Å². The van der Waals surface area contributed by atoms with Crippen LogP contribution in [-0.4, -0.2) is 37.2 Å². The van der Waals surface area contributed by atoms with Crippen LogP contribution in [0.4, 0.5) is 5.69 Å². The van der Waals surface area contributed by atoms with Gasteiger partial charge in [0.1, 0.15) is 0 Å². The minimum atomic E-state index is 0.499. The summed E-state index contributed by atoms with van der Waals surface area (Å²) in [7, 11) is 0. The first-order valence-corrected chi connectivity index (χ1v) is 6.47. The van der Waals surface area contributed by atoms with Crippen LogP contribution in [0.1, 0.15) is 19.4 Å². The molecule has 0 amide bonds. The lowest BCUT2D eigenvalue weighted by molar-refractivity contribution is 0.0211. The molecule has 1 N–H and O–H groups in total. The van der Waals surface area contributed by atoms with Crippen LogP contribution in [0.2, 0.25) is 0 Å². The van der Waals surface area contributed by atoms with Gasteiger partial charge in [-0.25, -0.2) is 0 Å². The molecular formula is C14H22N2O. The van der Waals surface area contributed by atoms with Crippen LogP contribution < -0.4 is 5.32 Å². The molecule has 0 unspecified atom stereocenters. The molecule has 0 spiro atoms. The van der Waals surface area contributed by atoms with E-state index in [1.54, 1.807) is 0 Å². The van der Waals surface area contributed by atoms with Crippen molar-refractivity contribution in [2.24, 2.45) is 0 Å². The van der Waals surface area contributed by atoms with Crippen LogP contribution in [0.3, 0.4) is 0 Å². The first-order valence-electron chi connectivity index (χ1n) is 6.47. The minimum absolute atomic E-state index is 0.499. The van der Waals surface area contributed by atoms with Crippen LogP contribution in [0, 0.1) is 0 Å². The molecule has 0 saturated carbocycles. The van der Waals surface area contributed by atoms with Crippen LogP contribution in [0.15, 0.2) is 24.3 Å². The second kappa shape index (κ2) is 6.03. The summed E-state index contributed by atoms with van der Waals surface area (Å²) in [4.78, 5) is 2.42. The summed E-state index contributed by atoms with van der Waals surface area (Å²) in [5.74, 6) is 0. The van der Waals surface area contributed by atoms with Gasteiger partial charge in [-0.1, -0.05) is 26.0 Å². The Hall–Kier alpha value is -1.06. The maximum atomic E-state index is 5.17. The van der Waals surface area contributed by atoms with Crippen molar-refractivity contribution in [2.45, 2.75) is 26.4 Å². The molecule has 1 aliphatic heterocycles. The smallest absolute Gasteiger partial charge is 0.0728 e. The Bertz CT molecular complexity index is 346. The summed E-state index contributed by atoms with van der Waals surface area (Å²) >= 11 is 0. The van der Waals surface area contributed by atoms with Gasteiger partial charge in [0.2, 0.25) is 0 Å². The normalized spacial score (nSPS) is 15.9. The van der Waals surface area contributed by atoms with Crippen molar-refractivity contribution in [3.05, 3.63) is 29.8 Å². The SMILES string of the molecule is CCN(CC)Cc1cccc(NC2COC2)c1. The molecular weight excluding hydrogens is 212 g/mol. The minimum Gasteiger partial charge on any atom is -0.378 e. The Morgan fingerprint density at radius 3 is 2.65 bits per heavy atom. The van der Waals surface area contributed by atoms with Gasteiger partial charge in [-0.2, -0.15) is 0 Å². The molecule has 17 heavy (non-hydrogen) atoms. The lowest BCUT2D eigenvalue weighted by atomic mass is 10.1. The van der Waals surface area contributed by atoms with Gasteiger partial charge in [0, 0.05) is 12.2 Å². The number of ether oxygens (including phenoxy) is 1. The van der Waals surface area contributed by atoms with Gasteiger partial charge in [-0.05, 0) is 30.8 Å². The lowest BCUT2D eigenvalue weighted by Gasteiger charge is -2.28. The Morgan fingerprint density at radius 1 is 1.29 bits per heavy atom. The fourth-order valence-corrected chi connectivity index (χ4v) is 2.02. The molecule has 1 fully saturated rings. The number of nitrogens with one attached hydrogen (secondary N) is 1. The van der Waals surface area contributed by atoms with Crippen molar-refractivity contribution < 1.29 is 4.74 Å². The monoisotopic (exact) mass is 234 g/mol. The maximum absolute atomic E-state index is 5.17. The van der Waals surface area contributed by atoms with Gasteiger partial charge in [0.15, 0.2) is 0 Å². The quantitative estimate of drug-likeness (QED) is 0.817. The molecule has 94 valence electrons. The number of nitrogens with zero attached hydrogens (tertiary/aromatic N) is 1. The van der Waals surface area contributed by atoms with E-state index < -0.39 is 0 Å². The van der Waals surface area contributed by atoms with Crippen molar-refractivity contribution in [1.29, 1.82) is 0 Å². The molecule has 0 radical (unpaired) electrons. The molecule has 0 aliphatic carbocycles. The fourth-order valence-electron chi connectivity index (χ4n) is 2.02. The van der Waals surface area contributed by atoms with Gasteiger partial charge in [-0.3, -0.25) is 4.90 Å². The van der Waals surface area contributed by atoms with Gasteiger partial charge >= 0.3 is 0 Å². The third kappa shape index (κ3) is 3.45. The van der Waals surface area contributed by atoms with E-state index in [1.165, 1.54) is 11.3 Å². The Labute approximate surface area is 104 Å². The molecule has 1 heterocycles. The van der Waals surface area contributed by atoms with Crippen molar-refractivity contribution in [3.63, 3.8) is 0 Å². The Morgan fingerprint density at radius 2 is 2.06 bits per heavy atom. The molecule has 0 aromatic heterocycles. The summed E-state index contributed by atoms with van der Waals surface area (Å²) in [6.07, 6.45) is 0. The lowest BCUT2D eigenvalue weighted by Crippen LogP contribution is -2.40. The zero-order valence-electron chi connectivity index (χ0n) is 10.8. The molecule has 1 saturated heterocycles. The third-order valence-corrected chi connectivity index (χ3v) is 3.24. The molecule has 0 bridgehead atoms. The number of rotatable bonds is 6. The van der Waals surface area contributed by atoms with E-state index in [4.69, 9.17) is 4.74 Å². The molecule has 0 atom stereocenters. The van der Waals surface area contributed by atoms with E-state index in [9.17, 15) is 0 Å². The highest BCUT2D eigenvalue weighted by Gasteiger charge is 2.17. The molecule has 3 nitrogen and oxygen atoms in total. The summed E-state index contributed by atoms with van der Waals surface area (Å²) in [5, 5.41) is 3.48. The van der Waals surface area contributed by atoms with E-state index in [2.05, 4.69) is 48.3 Å². The highest BCUT2D eigenvalue weighted by molar-refractivity contribution is 5.46. The van der Waals surface area contributed by atoms with Crippen LogP contribution in [0.5, 0.6) is 0 Å². The van der Waals surface area contributed by atoms with Crippen molar-refractivity contribution in [3.8, 4) is 0 Å². The molecule has 1 aromatic rings. The molecule has 2 rings (SSSR count). The molecule has 1 aliphatic rings. The second-order valence-corrected chi connectivity index (χ2v) is 4.54. The average molecular weight is 234 g/mol. The number of hydrogen-bond acceptors (Lipinski definition) is 3. The van der Waals surface area contributed by atoms with Crippen LogP contribution >= 0.6 is 0 Å². The number of benzene rings is 1. The average Bonchev–Trinajstić information content (AvgIpc) is 2.31. The zero-order valence-corrected chi connectivity index (χ0v) is 10.8. The summed E-state index contributed by atoms with van der Waals surface area (Å²) in [5.41, 5.74) is 2.59. The van der Waals surface area contributed by atoms with E-state index in [-0.39, 0.29) is 0 Å². The molecule has 3 heteroatoms. The summed E-state index contributed by atoms with van der Waals surface area (Å²) < 4.78 is 5.17. The van der Waals surface area contributed by atoms with Crippen LogP contribution in [0.25, 0.3) is 0 Å². The van der Waals surface area contributed by atoms with Gasteiger partial charge in [0.05, 0.1) is 19.3 Å². The topological polar surface area (TPSA) is 24.5 Å². The Balaban J connectivity index is 1.95. The van der Waals surface area contributed by atoms with Gasteiger partial charge in [0.25, 0.3) is 0 Å². The van der Waals surface area contributed by atoms with Crippen molar-refractivity contribution in [2.75, 3.05) is 31.6 Å². The summed E-state index contributed by atoms with van der Waals surface area (Å²) in [6.45, 7) is 9.31. The summed E-state index contributed by atoms with van der Waals surface area (Å²) in [6, 6.07) is 9.20. The number of hydrogen-bond donors (Lipinski definition) is 1. The van der Waals surface area contributed by atoms with E-state index in [0.29, 0.717) is 6.04 Å². The largest absolute Gasteiger partial charge is 0.378 e.